The number of anilines is 1. The van der Waals surface area contributed by atoms with Crippen molar-refractivity contribution in [1.82, 2.24) is 25.1 Å². The Morgan fingerprint density at radius 1 is 1.24 bits per heavy atom. The molecule has 110 valence electrons. The molecule has 0 amide bonds. The first-order valence-electron chi connectivity index (χ1n) is 7.35. The van der Waals surface area contributed by atoms with E-state index >= 15 is 0 Å². The number of aromatic nitrogens is 4. The molecular formula is C14H17FN6. The molecule has 2 aliphatic heterocycles. The van der Waals surface area contributed by atoms with Crippen LogP contribution in [0.2, 0.25) is 0 Å². The van der Waals surface area contributed by atoms with E-state index in [2.05, 4.69) is 25.7 Å². The Labute approximate surface area is 121 Å². The van der Waals surface area contributed by atoms with Crippen LogP contribution in [0.15, 0.2) is 24.5 Å². The fourth-order valence-electron chi connectivity index (χ4n) is 3.50. The van der Waals surface area contributed by atoms with Crippen molar-refractivity contribution in [3.8, 4) is 5.69 Å². The van der Waals surface area contributed by atoms with E-state index in [4.69, 9.17) is 0 Å². The fourth-order valence-corrected chi connectivity index (χ4v) is 3.50. The van der Waals surface area contributed by atoms with Crippen molar-refractivity contribution in [2.75, 3.05) is 18.4 Å². The van der Waals surface area contributed by atoms with Crippen LogP contribution in [0.5, 0.6) is 0 Å². The number of rotatable bonds is 3. The van der Waals surface area contributed by atoms with E-state index in [9.17, 15) is 4.39 Å². The second kappa shape index (κ2) is 5.07. The van der Waals surface area contributed by atoms with Crippen molar-refractivity contribution >= 4 is 5.69 Å². The molecule has 1 aromatic carbocycles. The van der Waals surface area contributed by atoms with Gasteiger partial charge in [0.05, 0.1) is 11.4 Å². The molecular weight excluding hydrogens is 271 g/mol. The van der Waals surface area contributed by atoms with Crippen LogP contribution in [-0.4, -0.2) is 50.3 Å². The van der Waals surface area contributed by atoms with Crippen molar-refractivity contribution in [3.63, 3.8) is 0 Å². The first-order chi connectivity index (χ1) is 10.3. The van der Waals surface area contributed by atoms with Gasteiger partial charge in [-0.05, 0) is 54.4 Å². The second-order valence-corrected chi connectivity index (χ2v) is 5.70. The van der Waals surface area contributed by atoms with E-state index in [0.29, 0.717) is 17.8 Å². The van der Waals surface area contributed by atoms with Gasteiger partial charge in [-0.1, -0.05) is 0 Å². The molecule has 7 heteroatoms. The molecule has 2 aromatic rings. The van der Waals surface area contributed by atoms with Crippen molar-refractivity contribution < 1.29 is 4.39 Å². The lowest BCUT2D eigenvalue weighted by atomic mass is 10.1. The molecule has 0 bridgehead atoms. The highest BCUT2D eigenvalue weighted by atomic mass is 19.1. The van der Waals surface area contributed by atoms with Crippen LogP contribution in [0.3, 0.4) is 0 Å². The maximum absolute atomic E-state index is 14.1. The molecule has 3 heterocycles. The first kappa shape index (κ1) is 12.7. The lowest BCUT2D eigenvalue weighted by Gasteiger charge is -2.22. The number of halogens is 1. The maximum atomic E-state index is 14.1. The van der Waals surface area contributed by atoms with Gasteiger partial charge in [-0.15, -0.1) is 5.10 Å². The number of tetrazole rings is 1. The van der Waals surface area contributed by atoms with Gasteiger partial charge < -0.3 is 5.32 Å². The average molecular weight is 288 g/mol. The third kappa shape index (κ3) is 2.27. The predicted molar refractivity (Wildman–Crippen MR) is 75.7 cm³/mol. The normalized spacial score (nSPS) is 25.2. The SMILES string of the molecule is Fc1ccc(-n2cnnn2)cc1NC1CCN2CCCC12. The van der Waals surface area contributed by atoms with Crippen molar-refractivity contribution in [1.29, 1.82) is 0 Å². The van der Waals surface area contributed by atoms with Gasteiger partial charge in [0, 0.05) is 18.6 Å². The van der Waals surface area contributed by atoms with E-state index in [0.717, 1.165) is 18.7 Å². The van der Waals surface area contributed by atoms with Crippen LogP contribution in [0.4, 0.5) is 10.1 Å². The van der Waals surface area contributed by atoms with Crippen LogP contribution < -0.4 is 5.32 Å². The molecule has 2 atom stereocenters. The molecule has 2 aliphatic rings. The molecule has 1 N–H and O–H groups in total. The van der Waals surface area contributed by atoms with Crippen molar-refractivity contribution in [2.24, 2.45) is 0 Å². The minimum absolute atomic E-state index is 0.233. The van der Waals surface area contributed by atoms with Crippen molar-refractivity contribution in [2.45, 2.75) is 31.3 Å². The molecule has 6 nitrogen and oxygen atoms in total. The lowest BCUT2D eigenvalue weighted by Crippen LogP contribution is -2.34. The Bertz CT molecular complexity index is 628. The number of fused-ring (bicyclic) bond motifs is 1. The summed E-state index contributed by atoms with van der Waals surface area (Å²) in [6, 6.07) is 5.77. The Kier molecular flexibility index (Phi) is 3.07. The topological polar surface area (TPSA) is 58.9 Å². The highest BCUT2D eigenvalue weighted by Gasteiger charge is 2.37. The second-order valence-electron chi connectivity index (χ2n) is 5.70. The first-order valence-corrected chi connectivity index (χ1v) is 7.35. The van der Waals surface area contributed by atoms with E-state index in [1.54, 1.807) is 12.1 Å². The van der Waals surface area contributed by atoms with E-state index < -0.39 is 0 Å². The van der Waals surface area contributed by atoms with Gasteiger partial charge in [-0.3, -0.25) is 4.90 Å². The Morgan fingerprint density at radius 2 is 2.19 bits per heavy atom. The van der Waals surface area contributed by atoms with Gasteiger partial charge in [-0.25, -0.2) is 9.07 Å². The minimum Gasteiger partial charge on any atom is -0.378 e. The average Bonchev–Trinajstić information content (AvgIpc) is 3.19. The van der Waals surface area contributed by atoms with Gasteiger partial charge in [0.15, 0.2) is 0 Å². The number of nitrogens with one attached hydrogen (secondary N) is 1. The van der Waals surface area contributed by atoms with Gasteiger partial charge in [0.25, 0.3) is 0 Å². The third-order valence-electron chi connectivity index (χ3n) is 4.51. The molecule has 2 fully saturated rings. The number of hydrogen-bond acceptors (Lipinski definition) is 5. The zero-order chi connectivity index (χ0) is 14.2. The zero-order valence-electron chi connectivity index (χ0n) is 11.6. The standard InChI is InChI=1S/C14H17FN6/c15-11-4-3-10(21-9-16-18-19-21)8-13(11)17-12-5-7-20-6-1-2-14(12)20/h3-4,8-9,12,14,17H,1-2,5-7H2. The van der Waals surface area contributed by atoms with Gasteiger partial charge in [-0.2, -0.15) is 0 Å². The predicted octanol–water partition coefficient (Wildman–Crippen LogP) is 1.45. The zero-order valence-corrected chi connectivity index (χ0v) is 11.6. The molecule has 1 aromatic heterocycles. The van der Waals surface area contributed by atoms with Gasteiger partial charge in [0.2, 0.25) is 0 Å². The van der Waals surface area contributed by atoms with Gasteiger partial charge in [0.1, 0.15) is 12.1 Å². The fraction of sp³-hybridized carbons (Fsp3) is 0.500. The molecule has 4 rings (SSSR count). The quantitative estimate of drug-likeness (QED) is 0.926. The van der Waals surface area contributed by atoms with Crippen LogP contribution in [0.1, 0.15) is 19.3 Å². The monoisotopic (exact) mass is 288 g/mol. The van der Waals surface area contributed by atoms with Crippen molar-refractivity contribution in [3.05, 3.63) is 30.3 Å². The molecule has 0 aliphatic carbocycles. The number of benzene rings is 1. The summed E-state index contributed by atoms with van der Waals surface area (Å²) in [5, 5.41) is 14.4. The minimum atomic E-state index is -0.233. The largest absolute Gasteiger partial charge is 0.378 e. The maximum Gasteiger partial charge on any atom is 0.146 e. The molecule has 0 radical (unpaired) electrons. The summed E-state index contributed by atoms with van der Waals surface area (Å²) in [6.45, 7) is 2.28. The summed E-state index contributed by atoms with van der Waals surface area (Å²) < 4.78 is 15.6. The lowest BCUT2D eigenvalue weighted by molar-refractivity contribution is 0.318. The Morgan fingerprint density at radius 3 is 3.05 bits per heavy atom. The molecule has 2 saturated heterocycles. The summed E-state index contributed by atoms with van der Waals surface area (Å²) in [5.41, 5.74) is 1.28. The summed E-state index contributed by atoms with van der Waals surface area (Å²) in [6.07, 6.45) is 5.02. The summed E-state index contributed by atoms with van der Waals surface area (Å²) in [4.78, 5) is 2.50. The van der Waals surface area contributed by atoms with Crippen LogP contribution in [-0.2, 0) is 0 Å². The van der Waals surface area contributed by atoms with E-state index in [1.165, 1.54) is 36.5 Å². The highest BCUT2D eigenvalue weighted by Crippen LogP contribution is 2.31. The third-order valence-corrected chi connectivity index (χ3v) is 4.51. The summed E-state index contributed by atoms with van der Waals surface area (Å²) in [7, 11) is 0. The molecule has 2 unspecified atom stereocenters. The summed E-state index contributed by atoms with van der Waals surface area (Å²) >= 11 is 0. The highest BCUT2D eigenvalue weighted by molar-refractivity contribution is 5.53. The van der Waals surface area contributed by atoms with E-state index in [-0.39, 0.29) is 5.82 Å². The molecule has 0 saturated carbocycles. The number of nitrogens with zero attached hydrogens (tertiary/aromatic N) is 5. The molecule has 21 heavy (non-hydrogen) atoms. The smallest absolute Gasteiger partial charge is 0.146 e. The van der Waals surface area contributed by atoms with Gasteiger partial charge >= 0.3 is 0 Å². The van der Waals surface area contributed by atoms with Crippen LogP contribution >= 0.6 is 0 Å². The summed E-state index contributed by atoms with van der Waals surface area (Å²) in [5.74, 6) is -0.233. The van der Waals surface area contributed by atoms with Crippen LogP contribution in [0.25, 0.3) is 5.69 Å². The molecule has 0 spiro atoms. The van der Waals surface area contributed by atoms with E-state index in [1.807, 2.05) is 0 Å². The number of hydrogen-bond donors (Lipinski definition) is 1. The Balaban J connectivity index is 1.58. The van der Waals surface area contributed by atoms with Crippen LogP contribution in [0, 0.1) is 5.82 Å². The Hall–Kier alpha value is -2.02.